The summed E-state index contributed by atoms with van der Waals surface area (Å²) in [5, 5.41) is 31.0. The Bertz CT molecular complexity index is 1080. The molecule has 4 amide bonds. The lowest BCUT2D eigenvalue weighted by Gasteiger charge is -2.30. The number of aliphatic hydroxyl groups excluding tert-OH is 1. The van der Waals surface area contributed by atoms with Crippen LogP contribution in [-0.4, -0.2) is 64.0 Å². The molecule has 0 radical (unpaired) electrons. The minimum atomic E-state index is -1.17. The molecular weight excluding hydrogens is 566 g/mol. The summed E-state index contributed by atoms with van der Waals surface area (Å²) in [6.45, 7) is 11.3. The first-order valence-electron chi connectivity index (χ1n) is 15.6. The summed E-state index contributed by atoms with van der Waals surface area (Å²) in [6, 6.07) is 4.23. The maximum Gasteiger partial charge on any atom is 0.303 e. The Kier molecular flexibility index (Phi) is 17.1. The van der Waals surface area contributed by atoms with Crippen molar-refractivity contribution < 1.29 is 34.2 Å². The zero-order valence-corrected chi connectivity index (χ0v) is 27.0. The smallest absolute Gasteiger partial charge is 0.303 e. The maximum absolute atomic E-state index is 13.4. The van der Waals surface area contributed by atoms with E-state index in [1.54, 1.807) is 12.1 Å². The molecule has 8 N–H and O–H groups in total. The third kappa shape index (κ3) is 14.2. The predicted octanol–water partition coefficient (Wildman–Crippen LogP) is 2.80. The lowest BCUT2D eigenvalue weighted by atomic mass is 9.95. The number of hydrogen-bond acceptors (Lipinski definition) is 7. The number of benzene rings is 1. The van der Waals surface area contributed by atoms with Crippen molar-refractivity contribution in [3.63, 3.8) is 0 Å². The van der Waals surface area contributed by atoms with E-state index in [-0.39, 0.29) is 49.5 Å². The van der Waals surface area contributed by atoms with Gasteiger partial charge in [0.2, 0.25) is 23.6 Å². The summed E-state index contributed by atoms with van der Waals surface area (Å²) in [5.41, 5.74) is 7.21. The van der Waals surface area contributed by atoms with Gasteiger partial charge in [0.25, 0.3) is 0 Å². The molecule has 0 unspecified atom stereocenters. The van der Waals surface area contributed by atoms with Gasteiger partial charge in [-0.3, -0.25) is 24.0 Å². The van der Waals surface area contributed by atoms with E-state index in [0.29, 0.717) is 31.4 Å². The number of rotatable bonds is 20. The number of hydrogen-bond donors (Lipinski definition) is 7. The fourth-order valence-electron chi connectivity index (χ4n) is 4.77. The van der Waals surface area contributed by atoms with Gasteiger partial charge < -0.3 is 37.2 Å². The molecule has 1 rings (SSSR count). The Balaban J connectivity index is 2.94. The van der Waals surface area contributed by atoms with Crippen molar-refractivity contribution in [1.82, 2.24) is 21.3 Å². The first-order valence-corrected chi connectivity index (χ1v) is 15.6. The van der Waals surface area contributed by atoms with E-state index in [2.05, 4.69) is 21.3 Å². The molecule has 0 aliphatic carbocycles. The molecule has 1 aromatic carbocycles. The number of aliphatic carboxylic acids is 1. The molecule has 0 fully saturated rings. The number of carbonyl (C=O) groups excluding carboxylic acids is 4. The van der Waals surface area contributed by atoms with Gasteiger partial charge in [0.15, 0.2) is 0 Å². The highest BCUT2D eigenvalue weighted by Gasteiger charge is 2.32. The van der Waals surface area contributed by atoms with Crippen molar-refractivity contribution in [3.05, 3.63) is 29.8 Å². The number of carbonyl (C=O) groups is 5. The van der Waals surface area contributed by atoms with E-state index in [1.807, 2.05) is 53.7 Å². The molecule has 0 saturated heterocycles. The highest BCUT2D eigenvalue weighted by molar-refractivity contribution is 5.92. The lowest BCUT2D eigenvalue weighted by molar-refractivity contribution is -0.137. The normalized spacial score (nSPS) is 15.3. The molecular formula is C32H53N5O7. The Hall–Kier alpha value is -3.67. The van der Waals surface area contributed by atoms with Gasteiger partial charge in [-0.05, 0) is 55.7 Å². The maximum atomic E-state index is 13.4. The number of nitrogens with one attached hydrogen (secondary N) is 4. The van der Waals surface area contributed by atoms with Crippen LogP contribution in [-0.2, 0) is 24.0 Å². The third-order valence-corrected chi connectivity index (χ3v) is 7.54. The Morgan fingerprint density at radius 1 is 0.841 bits per heavy atom. The van der Waals surface area contributed by atoms with Crippen LogP contribution in [0.1, 0.15) is 105 Å². The predicted molar refractivity (Wildman–Crippen MR) is 169 cm³/mol. The SMILES string of the molecule is CCC[C@H](NC(=O)[C@@H](NC(=O)CCCC(=O)O)[C@@H](C)CC)C(=O)N[C@@H](CC(C)C)[C@@H](O)CC(=O)N[C@H](C)c1ccc(N)cc1. The van der Waals surface area contributed by atoms with Crippen LogP contribution in [0.3, 0.4) is 0 Å². The highest BCUT2D eigenvalue weighted by atomic mass is 16.4. The third-order valence-electron chi connectivity index (χ3n) is 7.54. The fraction of sp³-hybridized carbons (Fsp3) is 0.656. The molecule has 0 aromatic heterocycles. The number of anilines is 1. The van der Waals surface area contributed by atoms with E-state index in [1.165, 1.54) is 0 Å². The van der Waals surface area contributed by atoms with E-state index in [0.717, 1.165) is 5.56 Å². The van der Waals surface area contributed by atoms with Crippen LogP contribution < -0.4 is 27.0 Å². The lowest BCUT2D eigenvalue weighted by Crippen LogP contribution is -2.57. The minimum Gasteiger partial charge on any atom is -0.481 e. The van der Waals surface area contributed by atoms with Crippen molar-refractivity contribution in [3.8, 4) is 0 Å². The first-order chi connectivity index (χ1) is 20.7. The van der Waals surface area contributed by atoms with Gasteiger partial charge >= 0.3 is 5.97 Å². The number of aliphatic hydroxyl groups is 1. The van der Waals surface area contributed by atoms with Gasteiger partial charge in [0.05, 0.1) is 24.6 Å². The molecule has 0 bridgehead atoms. The zero-order valence-electron chi connectivity index (χ0n) is 27.0. The second-order valence-corrected chi connectivity index (χ2v) is 12.0. The largest absolute Gasteiger partial charge is 0.481 e. The van der Waals surface area contributed by atoms with Crippen molar-refractivity contribution >= 4 is 35.3 Å². The molecule has 0 heterocycles. The quantitative estimate of drug-likeness (QED) is 0.108. The van der Waals surface area contributed by atoms with Crippen LogP contribution in [0.2, 0.25) is 0 Å². The van der Waals surface area contributed by atoms with Crippen LogP contribution in [0, 0.1) is 11.8 Å². The average Bonchev–Trinajstić information content (AvgIpc) is 2.94. The molecule has 6 atom stereocenters. The van der Waals surface area contributed by atoms with Gasteiger partial charge in [-0.15, -0.1) is 0 Å². The molecule has 248 valence electrons. The van der Waals surface area contributed by atoms with Gasteiger partial charge in [0.1, 0.15) is 12.1 Å². The van der Waals surface area contributed by atoms with E-state index >= 15 is 0 Å². The Labute approximate surface area is 261 Å². The number of nitrogen functional groups attached to an aromatic ring is 1. The van der Waals surface area contributed by atoms with E-state index in [9.17, 15) is 29.1 Å². The Morgan fingerprint density at radius 2 is 1.48 bits per heavy atom. The summed E-state index contributed by atoms with van der Waals surface area (Å²) in [4.78, 5) is 62.8. The molecule has 0 aliphatic heterocycles. The minimum absolute atomic E-state index is 0.0352. The number of carboxylic acid groups (broad SMARTS) is 1. The molecule has 1 aromatic rings. The van der Waals surface area contributed by atoms with Gasteiger partial charge in [-0.2, -0.15) is 0 Å². The van der Waals surface area contributed by atoms with Crippen molar-refractivity contribution in [2.75, 3.05) is 5.73 Å². The summed E-state index contributed by atoms with van der Waals surface area (Å²) in [5.74, 6) is -2.97. The molecule has 0 saturated carbocycles. The molecule has 12 nitrogen and oxygen atoms in total. The van der Waals surface area contributed by atoms with Crippen LogP contribution >= 0.6 is 0 Å². The summed E-state index contributed by atoms with van der Waals surface area (Å²) < 4.78 is 0. The highest BCUT2D eigenvalue weighted by Crippen LogP contribution is 2.17. The van der Waals surface area contributed by atoms with Crippen LogP contribution in [0.4, 0.5) is 5.69 Å². The van der Waals surface area contributed by atoms with Crippen LogP contribution in [0.5, 0.6) is 0 Å². The standard InChI is InChI=1S/C32H53N5O7/c1-7-10-24(35-32(44)30(20(5)8-2)37-27(39)11-9-12-29(41)42)31(43)36-25(17-19(3)4)26(38)18-28(40)34-21(6)22-13-15-23(33)16-14-22/h13-16,19-21,24-26,30,38H,7-12,17-18,33H2,1-6H3,(H,34,40)(H,35,44)(H,36,43)(H,37,39)(H,41,42)/t20-,21+,24-,25-,26-,30-/m0/s1. The molecule has 44 heavy (non-hydrogen) atoms. The van der Waals surface area contributed by atoms with Crippen molar-refractivity contribution in [2.24, 2.45) is 11.8 Å². The van der Waals surface area contributed by atoms with Crippen molar-refractivity contribution in [2.45, 2.75) is 123 Å². The van der Waals surface area contributed by atoms with Gasteiger partial charge in [-0.1, -0.05) is 59.6 Å². The first kappa shape index (κ1) is 38.4. The van der Waals surface area contributed by atoms with Gasteiger partial charge in [0, 0.05) is 18.5 Å². The molecule has 12 heteroatoms. The van der Waals surface area contributed by atoms with E-state index < -0.39 is 47.9 Å². The van der Waals surface area contributed by atoms with Gasteiger partial charge in [-0.25, -0.2) is 0 Å². The summed E-state index contributed by atoms with van der Waals surface area (Å²) >= 11 is 0. The molecule has 0 spiro atoms. The summed E-state index contributed by atoms with van der Waals surface area (Å²) in [7, 11) is 0. The second-order valence-electron chi connectivity index (χ2n) is 12.0. The monoisotopic (exact) mass is 619 g/mol. The van der Waals surface area contributed by atoms with E-state index in [4.69, 9.17) is 10.8 Å². The van der Waals surface area contributed by atoms with Crippen LogP contribution in [0.15, 0.2) is 24.3 Å². The fourth-order valence-corrected chi connectivity index (χ4v) is 4.77. The second kappa shape index (κ2) is 19.6. The zero-order chi connectivity index (χ0) is 33.4. The number of carboxylic acids is 1. The number of nitrogens with two attached hydrogens (primary N) is 1. The Morgan fingerprint density at radius 3 is 2.02 bits per heavy atom. The average molecular weight is 620 g/mol. The van der Waals surface area contributed by atoms with Crippen LogP contribution in [0.25, 0.3) is 0 Å². The topological polar surface area (TPSA) is 200 Å². The van der Waals surface area contributed by atoms with Crippen molar-refractivity contribution in [1.29, 1.82) is 0 Å². The molecule has 0 aliphatic rings. The number of amides is 4. The summed E-state index contributed by atoms with van der Waals surface area (Å²) in [6.07, 6.45) is 0.447.